The van der Waals surface area contributed by atoms with Crippen LogP contribution in [0.4, 0.5) is 5.82 Å². The molecule has 1 heterocycles. The molecule has 1 aliphatic carbocycles. The van der Waals surface area contributed by atoms with Gasteiger partial charge in [0.1, 0.15) is 12.4 Å². The summed E-state index contributed by atoms with van der Waals surface area (Å²) in [7, 11) is 0. The van der Waals surface area contributed by atoms with Crippen LogP contribution in [-0.2, 0) is 11.3 Å². The topological polar surface area (TPSA) is 64.2 Å². The molecule has 0 unspecified atom stereocenters. The van der Waals surface area contributed by atoms with Gasteiger partial charge >= 0.3 is 0 Å². The van der Waals surface area contributed by atoms with E-state index in [0.29, 0.717) is 11.7 Å². The van der Waals surface area contributed by atoms with Crippen LogP contribution >= 0.6 is 0 Å². The third kappa shape index (κ3) is 3.22. The summed E-state index contributed by atoms with van der Waals surface area (Å²) in [5.74, 6) is 1.29. The number of anilines is 1. The van der Waals surface area contributed by atoms with E-state index < -0.39 is 0 Å². The molecule has 0 aromatic carbocycles. The maximum Gasteiger partial charge on any atom is 0.244 e. The molecule has 5 heteroatoms. The average Bonchev–Trinajstić information content (AvgIpc) is 2.98. The molecule has 1 aromatic heterocycles. The van der Waals surface area contributed by atoms with E-state index in [1.165, 1.54) is 12.8 Å². The molecule has 1 fully saturated rings. The van der Waals surface area contributed by atoms with Crippen molar-refractivity contribution >= 4 is 11.7 Å². The summed E-state index contributed by atoms with van der Waals surface area (Å²) in [5, 5.41) is 4.03. The zero-order valence-electron chi connectivity index (χ0n) is 10.5. The molecule has 2 rings (SSSR count). The van der Waals surface area contributed by atoms with Crippen molar-refractivity contribution in [3.05, 3.63) is 12.3 Å². The number of hydrogen-bond donors (Lipinski definition) is 1. The van der Waals surface area contributed by atoms with Crippen LogP contribution < -0.4 is 5.73 Å². The average molecular weight is 236 g/mol. The van der Waals surface area contributed by atoms with Crippen LogP contribution in [0.3, 0.4) is 0 Å². The van der Waals surface area contributed by atoms with E-state index in [2.05, 4.69) is 18.9 Å². The number of rotatable bonds is 5. The molecule has 0 saturated heterocycles. The Morgan fingerprint density at radius 1 is 1.65 bits per heavy atom. The molecule has 1 saturated carbocycles. The second kappa shape index (κ2) is 4.77. The molecule has 17 heavy (non-hydrogen) atoms. The lowest BCUT2D eigenvalue weighted by Crippen LogP contribution is -2.40. The Bertz CT molecular complexity index is 395. The number of amides is 1. The van der Waals surface area contributed by atoms with Gasteiger partial charge in [0.15, 0.2) is 0 Å². The van der Waals surface area contributed by atoms with Gasteiger partial charge < -0.3 is 10.6 Å². The maximum atomic E-state index is 12.2. The van der Waals surface area contributed by atoms with Gasteiger partial charge in [-0.15, -0.1) is 0 Å². The lowest BCUT2D eigenvalue weighted by molar-refractivity contribution is -0.134. The zero-order valence-corrected chi connectivity index (χ0v) is 10.5. The number of carbonyl (C=O) groups excluding carboxylic acids is 1. The number of carbonyl (C=O) groups is 1. The van der Waals surface area contributed by atoms with E-state index >= 15 is 0 Å². The number of nitrogen functional groups attached to an aromatic ring is 1. The first-order valence-electron chi connectivity index (χ1n) is 6.14. The van der Waals surface area contributed by atoms with Gasteiger partial charge in [0, 0.05) is 18.8 Å². The minimum Gasteiger partial charge on any atom is -0.382 e. The van der Waals surface area contributed by atoms with Crippen LogP contribution in [-0.4, -0.2) is 33.2 Å². The van der Waals surface area contributed by atoms with Crippen LogP contribution in [0.15, 0.2) is 12.3 Å². The quantitative estimate of drug-likeness (QED) is 0.833. The molecular weight excluding hydrogens is 216 g/mol. The van der Waals surface area contributed by atoms with Crippen molar-refractivity contribution in [2.45, 2.75) is 39.3 Å². The molecule has 1 aromatic rings. The number of nitrogens with two attached hydrogens (primary N) is 1. The predicted octanol–water partition coefficient (Wildman–Crippen LogP) is 1.11. The van der Waals surface area contributed by atoms with Gasteiger partial charge in [0.25, 0.3) is 0 Å². The fourth-order valence-electron chi connectivity index (χ4n) is 1.87. The highest BCUT2D eigenvalue weighted by Crippen LogP contribution is 2.30. The van der Waals surface area contributed by atoms with Crippen LogP contribution in [0.25, 0.3) is 0 Å². The van der Waals surface area contributed by atoms with Crippen LogP contribution in [0.5, 0.6) is 0 Å². The molecule has 1 amide bonds. The van der Waals surface area contributed by atoms with Gasteiger partial charge in [-0.05, 0) is 38.7 Å². The first kappa shape index (κ1) is 12.0. The molecule has 2 N–H and O–H groups in total. The Balaban J connectivity index is 1.95. The number of aromatic nitrogens is 2. The maximum absolute atomic E-state index is 12.2. The largest absolute Gasteiger partial charge is 0.382 e. The van der Waals surface area contributed by atoms with Crippen molar-refractivity contribution in [2.24, 2.45) is 5.92 Å². The minimum atomic E-state index is 0.120. The van der Waals surface area contributed by atoms with E-state index in [0.717, 1.165) is 6.54 Å². The number of hydrogen-bond acceptors (Lipinski definition) is 3. The van der Waals surface area contributed by atoms with Gasteiger partial charge in [-0.1, -0.05) is 0 Å². The molecule has 5 nitrogen and oxygen atoms in total. The molecule has 0 aliphatic heterocycles. The highest BCUT2D eigenvalue weighted by molar-refractivity contribution is 5.76. The first-order chi connectivity index (χ1) is 8.06. The monoisotopic (exact) mass is 236 g/mol. The molecule has 0 bridgehead atoms. The van der Waals surface area contributed by atoms with E-state index in [1.54, 1.807) is 16.9 Å². The van der Waals surface area contributed by atoms with Crippen LogP contribution in [0.2, 0.25) is 0 Å². The Morgan fingerprint density at radius 2 is 2.35 bits per heavy atom. The van der Waals surface area contributed by atoms with Gasteiger partial charge in [-0.3, -0.25) is 9.48 Å². The predicted molar refractivity (Wildman–Crippen MR) is 66.2 cm³/mol. The fraction of sp³-hybridized carbons (Fsp3) is 0.667. The Morgan fingerprint density at radius 3 is 2.82 bits per heavy atom. The van der Waals surface area contributed by atoms with Crippen molar-refractivity contribution in [2.75, 3.05) is 12.3 Å². The second-order valence-electron chi connectivity index (χ2n) is 5.02. The van der Waals surface area contributed by atoms with Crippen molar-refractivity contribution in [3.63, 3.8) is 0 Å². The van der Waals surface area contributed by atoms with E-state index in [-0.39, 0.29) is 18.5 Å². The van der Waals surface area contributed by atoms with Crippen LogP contribution in [0, 0.1) is 5.92 Å². The SMILES string of the molecule is CC(C)N(CC1CC1)C(=O)Cn1ccc(N)n1. The smallest absolute Gasteiger partial charge is 0.244 e. The summed E-state index contributed by atoms with van der Waals surface area (Å²) in [4.78, 5) is 14.1. The Hall–Kier alpha value is -1.52. The van der Waals surface area contributed by atoms with Gasteiger partial charge in [0.05, 0.1) is 0 Å². The molecular formula is C12H20N4O. The molecule has 94 valence electrons. The van der Waals surface area contributed by atoms with Gasteiger partial charge in [-0.25, -0.2) is 0 Å². The normalized spacial score (nSPS) is 15.2. The Kier molecular flexibility index (Phi) is 3.36. The summed E-state index contributed by atoms with van der Waals surface area (Å²) >= 11 is 0. The third-order valence-electron chi connectivity index (χ3n) is 3.05. The lowest BCUT2D eigenvalue weighted by Gasteiger charge is -2.26. The Labute approximate surface area is 102 Å². The van der Waals surface area contributed by atoms with Gasteiger partial charge in [-0.2, -0.15) is 5.10 Å². The highest BCUT2D eigenvalue weighted by Gasteiger charge is 2.28. The molecule has 0 atom stereocenters. The summed E-state index contributed by atoms with van der Waals surface area (Å²) in [6.45, 7) is 5.27. The van der Waals surface area contributed by atoms with E-state index in [9.17, 15) is 4.79 Å². The molecule has 1 aliphatic rings. The van der Waals surface area contributed by atoms with Crippen LogP contribution in [0.1, 0.15) is 26.7 Å². The highest BCUT2D eigenvalue weighted by atomic mass is 16.2. The summed E-state index contributed by atoms with van der Waals surface area (Å²) in [6, 6.07) is 1.95. The summed E-state index contributed by atoms with van der Waals surface area (Å²) < 4.78 is 1.60. The fourth-order valence-corrected chi connectivity index (χ4v) is 1.87. The molecule has 0 spiro atoms. The van der Waals surface area contributed by atoms with Crippen molar-refractivity contribution in [1.29, 1.82) is 0 Å². The summed E-state index contributed by atoms with van der Waals surface area (Å²) in [6.07, 6.45) is 4.25. The van der Waals surface area contributed by atoms with Crippen molar-refractivity contribution in [1.82, 2.24) is 14.7 Å². The van der Waals surface area contributed by atoms with Gasteiger partial charge in [0.2, 0.25) is 5.91 Å². The lowest BCUT2D eigenvalue weighted by atomic mass is 10.2. The second-order valence-corrected chi connectivity index (χ2v) is 5.02. The third-order valence-corrected chi connectivity index (χ3v) is 3.05. The summed E-state index contributed by atoms with van der Waals surface area (Å²) in [5.41, 5.74) is 5.52. The minimum absolute atomic E-state index is 0.120. The van der Waals surface area contributed by atoms with E-state index in [1.807, 2.05) is 4.90 Å². The molecule has 0 radical (unpaired) electrons. The van der Waals surface area contributed by atoms with Crippen molar-refractivity contribution < 1.29 is 4.79 Å². The zero-order chi connectivity index (χ0) is 12.4. The standard InChI is InChI=1S/C12H20N4O/c1-9(2)16(7-10-3-4-10)12(17)8-15-6-5-11(13)14-15/h5-6,9-10H,3-4,7-8H2,1-2H3,(H2,13,14). The van der Waals surface area contributed by atoms with E-state index in [4.69, 9.17) is 5.73 Å². The number of nitrogens with zero attached hydrogens (tertiary/aromatic N) is 3. The van der Waals surface area contributed by atoms with Crippen molar-refractivity contribution in [3.8, 4) is 0 Å². The first-order valence-corrected chi connectivity index (χ1v) is 6.14.